The molecule has 0 fully saturated rings. The fourth-order valence-corrected chi connectivity index (χ4v) is 2.72. The number of aromatic amines is 1. The van der Waals surface area contributed by atoms with Crippen molar-refractivity contribution >= 4 is 22.6 Å². The molecule has 0 aliphatic rings. The Morgan fingerprint density at radius 2 is 2.04 bits per heavy atom. The van der Waals surface area contributed by atoms with Crippen molar-refractivity contribution in [2.75, 3.05) is 12.4 Å². The number of amides is 1. The fourth-order valence-electron chi connectivity index (χ4n) is 2.72. The molecule has 25 heavy (non-hydrogen) atoms. The predicted octanol–water partition coefficient (Wildman–Crippen LogP) is 4.27. The second-order valence-electron chi connectivity index (χ2n) is 6.38. The number of aryl methyl sites for hydroxylation is 1. The lowest BCUT2D eigenvalue weighted by Crippen LogP contribution is -2.13. The summed E-state index contributed by atoms with van der Waals surface area (Å²) >= 11 is 0. The maximum absolute atomic E-state index is 12.2. The van der Waals surface area contributed by atoms with Gasteiger partial charge in [0.25, 0.3) is 0 Å². The molecule has 0 unspecified atom stereocenters. The van der Waals surface area contributed by atoms with Gasteiger partial charge in [0.05, 0.1) is 23.8 Å². The number of fused-ring (bicyclic) bond motifs is 1. The van der Waals surface area contributed by atoms with E-state index in [9.17, 15) is 4.79 Å². The van der Waals surface area contributed by atoms with Crippen molar-refractivity contribution in [1.82, 2.24) is 9.97 Å². The minimum atomic E-state index is -0.0305. The number of hydrogen-bond acceptors (Lipinski definition) is 3. The van der Waals surface area contributed by atoms with Gasteiger partial charge in [-0.15, -0.1) is 0 Å². The van der Waals surface area contributed by atoms with Crippen molar-refractivity contribution in [3.05, 3.63) is 53.9 Å². The molecule has 0 saturated carbocycles. The lowest BCUT2D eigenvalue weighted by molar-refractivity contribution is -0.116. The number of nitrogens with zero attached hydrogens (tertiary/aromatic N) is 1. The van der Waals surface area contributed by atoms with Crippen LogP contribution in [0.2, 0.25) is 0 Å². The van der Waals surface area contributed by atoms with Crippen LogP contribution in [0.1, 0.15) is 37.6 Å². The van der Waals surface area contributed by atoms with Crippen LogP contribution in [-0.2, 0) is 11.2 Å². The zero-order chi connectivity index (χ0) is 17.8. The normalized spacial score (nSPS) is 11.0. The largest absolute Gasteiger partial charge is 0.495 e. The minimum Gasteiger partial charge on any atom is -0.495 e. The van der Waals surface area contributed by atoms with E-state index in [1.165, 1.54) is 0 Å². The number of para-hydroxylation sites is 2. The van der Waals surface area contributed by atoms with Crippen LogP contribution in [0, 0.1) is 0 Å². The summed E-state index contributed by atoms with van der Waals surface area (Å²) in [5.41, 5.74) is 3.79. The molecule has 2 aromatic carbocycles. The van der Waals surface area contributed by atoms with Crippen LogP contribution in [-0.4, -0.2) is 23.0 Å². The highest BCUT2D eigenvalue weighted by molar-refractivity contribution is 5.92. The van der Waals surface area contributed by atoms with Crippen LogP contribution < -0.4 is 10.1 Å². The quantitative estimate of drug-likeness (QED) is 0.706. The summed E-state index contributed by atoms with van der Waals surface area (Å²) in [6.07, 6.45) is 1.09. The number of ether oxygens (including phenoxy) is 1. The van der Waals surface area contributed by atoms with E-state index in [1.807, 2.05) is 36.4 Å². The number of carbonyl (C=O) groups excluding carboxylic acids is 1. The topological polar surface area (TPSA) is 67.0 Å². The maximum atomic E-state index is 12.2. The van der Waals surface area contributed by atoms with Gasteiger partial charge in [-0.1, -0.05) is 32.0 Å². The monoisotopic (exact) mass is 337 g/mol. The third kappa shape index (κ3) is 3.99. The number of anilines is 1. The molecule has 0 radical (unpaired) electrons. The number of H-pyrrole nitrogens is 1. The van der Waals surface area contributed by atoms with E-state index in [-0.39, 0.29) is 5.91 Å². The predicted molar refractivity (Wildman–Crippen MR) is 100 cm³/mol. The molecule has 130 valence electrons. The lowest BCUT2D eigenvalue weighted by atomic mass is 10.1. The zero-order valence-electron chi connectivity index (χ0n) is 14.8. The average Bonchev–Trinajstić information content (AvgIpc) is 3.04. The summed E-state index contributed by atoms with van der Waals surface area (Å²) < 4.78 is 5.25. The van der Waals surface area contributed by atoms with Crippen LogP contribution in [0.15, 0.2) is 42.5 Å². The van der Waals surface area contributed by atoms with Crippen molar-refractivity contribution in [3.8, 4) is 5.75 Å². The molecule has 0 aliphatic carbocycles. The van der Waals surface area contributed by atoms with Crippen molar-refractivity contribution in [1.29, 1.82) is 0 Å². The van der Waals surface area contributed by atoms with E-state index in [0.29, 0.717) is 30.2 Å². The summed E-state index contributed by atoms with van der Waals surface area (Å²) in [6.45, 7) is 4.22. The summed E-state index contributed by atoms with van der Waals surface area (Å²) in [6, 6.07) is 13.5. The van der Waals surface area contributed by atoms with E-state index >= 15 is 0 Å². The number of benzene rings is 2. The first-order valence-corrected chi connectivity index (χ1v) is 8.48. The number of imidazole rings is 1. The molecule has 3 rings (SSSR count). The Morgan fingerprint density at radius 3 is 2.80 bits per heavy atom. The van der Waals surface area contributed by atoms with Gasteiger partial charge in [-0.2, -0.15) is 0 Å². The van der Waals surface area contributed by atoms with Crippen LogP contribution in [0.3, 0.4) is 0 Å². The molecule has 0 aliphatic heterocycles. The van der Waals surface area contributed by atoms with Crippen LogP contribution in [0.4, 0.5) is 5.69 Å². The number of nitrogens with one attached hydrogen (secondary N) is 2. The van der Waals surface area contributed by atoms with E-state index in [1.54, 1.807) is 7.11 Å². The SMILES string of the molecule is COc1ccccc1NC(=O)CCc1ccc2nc(C(C)C)[nH]c2c1. The first-order chi connectivity index (χ1) is 12.1. The summed E-state index contributed by atoms with van der Waals surface area (Å²) in [7, 11) is 1.59. The highest BCUT2D eigenvalue weighted by atomic mass is 16.5. The van der Waals surface area contributed by atoms with Gasteiger partial charge in [-0.3, -0.25) is 4.79 Å². The Bertz CT molecular complexity index is 884. The van der Waals surface area contributed by atoms with Crippen molar-refractivity contribution in [2.24, 2.45) is 0 Å². The van der Waals surface area contributed by atoms with E-state index in [2.05, 4.69) is 35.2 Å². The van der Waals surface area contributed by atoms with Gasteiger partial charge in [0.2, 0.25) is 5.91 Å². The smallest absolute Gasteiger partial charge is 0.224 e. The first kappa shape index (κ1) is 17.0. The summed E-state index contributed by atoms with van der Waals surface area (Å²) in [4.78, 5) is 20.1. The standard InChI is InChI=1S/C20H23N3O2/c1-13(2)20-22-15-10-8-14(12-17(15)23-20)9-11-19(24)21-16-6-4-5-7-18(16)25-3/h4-8,10,12-13H,9,11H2,1-3H3,(H,21,24)(H,22,23). The molecule has 2 N–H and O–H groups in total. The Morgan fingerprint density at radius 1 is 1.24 bits per heavy atom. The molecular weight excluding hydrogens is 314 g/mol. The number of rotatable bonds is 6. The second kappa shape index (κ2) is 7.38. The number of carbonyl (C=O) groups is 1. The molecule has 0 atom stereocenters. The van der Waals surface area contributed by atoms with Gasteiger partial charge < -0.3 is 15.0 Å². The van der Waals surface area contributed by atoms with Gasteiger partial charge >= 0.3 is 0 Å². The van der Waals surface area contributed by atoms with Crippen LogP contribution in [0.25, 0.3) is 11.0 Å². The Hall–Kier alpha value is -2.82. The van der Waals surface area contributed by atoms with Crippen molar-refractivity contribution < 1.29 is 9.53 Å². The number of hydrogen-bond donors (Lipinski definition) is 2. The molecule has 0 bridgehead atoms. The van der Waals surface area contributed by atoms with E-state index in [0.717, 1.165) is 22.4 Å². The van der Waals surface area contributed by atoms with Crippen molar-refractivity contribution in [3.63, 3.8) is 0 Å². The molecular formula is C20H23N3O2. The molecule has 0 spiro atoms. The number of aromatic nitrogens is 2. The summed E-state index contributed by atoms with van der Waals surface area (Å²) in [5, 5.41) is 2.90. The van der Waals surface area contributed by atoms with Crippen LogP contribution >= 0.6 is 0 Å². The van der Waals surface area contributed by atoms with E-state index in [4.69, 9.17) is 4.74 Å². The Labute approximate surface area is 147 Å². The molecule has 5 heteroatoms. The van der Waals surface area contributed by atoms with Gasteiger partial charge in [0.1, 0.15) is 11.6 Å². The highest BCUT2D eigenvalue weighted by Gasteiger charge is 2.09. The van der Waals surface area contributed by atoms with Crippen molar-refractivity contribution in [2.45, 2.75) is 32.6 Å². The van der Waals surface area contributed by atoms with Gasteiger partial charge in [-0.05, 0) is 36.2 Å². The van der Waals surface area contributed by atoms with Crippen LogP contribution in [0.5, 0.6) is 5.75 Å². The maximum Gasteiger partial charge on any atom is 0.224 e. The number of methoxy groups -OCH3 is 1. The molecule has 1 amide bonds. The first-order valence-electron chi connectivity index (χ1n) is 8.48. The van der Waals surface area contributed by atoms with Gasteiger partial charge in [0.15, 0.2) is 0 Å². The zero-order valence-corrected chi connectivity index (χ0v) is 14.8. The molecule has 3 aromatic rings. The Kier molecular flexibility index (Phi) is 5.03. The average molecular weight is 337 g/mol. The fraction of sp³-hybridized carbons (Fsp3) is 0.300. The molecule has 0 saturated heterocycles. The molecule has 1 aromatic heterocycles. The molecule has 5 nitrogen and oxygen atoms in total. The third-order valence-electron chi connectivity index (χ3n) is 4.13. The van der Waals surface area contributed by atoms with Gasteiger partial charge in [0, 0.05) is 12.3 Å². The summed E-state index contributed by atoms with van der Waals surface area (Å²) in [5.74, 6) is 1.98. The minimum absolute atomic E-state index is 0.0305. The Balaban J connectivity index is 1.64. The highest BCUT2D eigenvalue weighted by Crippen LogP contribution is 2.23. The molecule has 1 heterocycles. The second-order valence-corrected chi connectivity index (χ2v) is 6.38. The van der Waals surface area contributed by atoms with Gasteiger partial charge in [-0.25, -0.2) is 4.98 Å². The lowest BCUT2D eigenvalue weighted by Gasteiger charge is -2.09. The third-order valence-corrected chi connectivity index (χ3v) is 4.13. The van der Waals surface area contributed by atoms with E-state index < -0.39 is 0 Å².